The van der Waals surface area contributed by atoms with Gasteiger partial charge in [0.25, 0.3) is 0 Å². The van der Waals surface area contributed by atoms with Gasteiger partial charge in [0.15, 0.2) is 5.03 Å². The van der Waals surface area contributed by atoms with E-state index in [9.17, 15) is 8.42 Å². The van der Waals surface area contributed by atoms with Crippen LogP contribution < -0.4 is 5.73 Å². The highest BCUT2D eigenvalue weighted by atomic mass is 32.2. The summed E-state index contributed by atoms with van der Waals surface area (Å²) in [5.41, 5.74) is 5.79. The molecule has 0 amide bonds. The largest absolute Gasteiger partial charge is 0.396 e. The Morgan fingerprint density at radius 3 is 2.74 bits per heavy atom. The zero-order valence-electron chi connectivity index (χ0n) is 10.7. The number of nitrogens with two attached hydrogens (primary N) is 1. The molecule has 102 valence electrons. The number of nitrogen functional groups attached to an aromatic ring is 1. The Morgan fingerprint density at radius 1 is 1.37 bits per heavy atom. The first kappa shape index (κ1) is 13.5. The maximum Gasteiger partial charge on any atom is 0.204 e. The molecule has 7 nitrogen and oxygen atoms in total. The zero-order valence-corrected chi connectivity index (χ0v) is 11.5. The molecule has 0 aromatic carbocycles. The van der Waals surface area contributed by atoms with Crippen LogP contribution in [0.15, 0.2) is 29.7 Å². The van der Waals surface area contributed by atoms with Crippen LogP contribution >= 0.6 is 0 Å². The van der Waals surface area contributed by atoms with E-state index in [2.05, 4.69) is 15.1 Å². The highest BCUT2D eigenvalue weighted by molar-refractivity contribution is 7.90. The lowest BCUT2D eigenvalue weighted by molar-refractivity contribution is 0.510. The highest BCUT2D eigenvalue weighted by Crippen LogP contribution is 2.19. The van der Waals surface area contributed by atoms with Gasteiger partial charge in [0.2, 0.25) is 9.84 Å². The summed E-state index contributed by atoms with van der Waals surface area (Å²) < 4.78 is 26.1. The lowest BCUT2D eigenvalue weighted by Crippen LogP contribution is -2.15. The predicted molar refractivity (Wildman–Crippen MR) is 69.9 cm³/mol. The summed E-state index contributed by atoms with van der Waals surface area (Å²) in [7, 11) is -3.63. The smallest absolute Gasteiger partial charge is 0.204 e. The van der Waals surface area contributed by atoms with Crippen molar-refractivity contribution in [2.75, 3.05) is 5.73 Å². The Morgan fingerprint density at radius 2 is 2.11 bits per heavy atom. The first-order chi connectivity index (χ1) is 8.92. The number of hydrogen-bond donors (Lipinski definition) is 1. The van der Waals surface area contributed by atoms with Gasteiger partial charge in [-0.2, -0.15) is 5.10 Å². The Balaban J connectivity index is 2.37. The van der Waals surface area contributed by atoms with E-state index in [1.165, 1.54) is 18.6 Å². The van der Waals surface area contributed by atoms with E-state index in [1.807, 2.05) is 13.8 Å². The molecule has 0 radical (unpaired) electrons. The fourth-order valence-corrected chi connectivity index (χ4v) is 3.04. The van der Waals surface area contributed by atoms with E-state index in [4.69, 9.17) is 5.73 Å². The Bertz CT molecular complexity index is 678. The average Bonchev–Trinajstić information content (AvgIpc) is 2.76. The van der Waals surface area contributed by atoms with Crippen LogP contribution in [0.25, 0.3) is 0 Å². The fraction of sp³-hybridized carbons (Fsp3) is 0.364. The summed E-state index contributed by atoms with van der Waals surface area (Å²) in [6.45, 7) is 3.81. The number of hydrogen-bond acceptors (Lipinski definition) is 6. The van der Waals surface area contributed by atoms with Gasteiger partial charge in [-0.1, -0.05) is 0 Å². The van der Waals surface area contributed by atoms with E-state index in [-0.39, 0.29) is 22.5 Å². The molecule has 0 fully saturated rings. The molecule has 0 aliphatic carbocycles. The van der Waals surface area contributed by atoms with Crippen molar-refractivity contribution in [1.82, 2.24) is 19.7 Å². The Hall–Kier alpha value is -1.96. The Kier molecular flexibility index (Phi) is 3.52. The minimum absolute atomic E-state index is 0.0359. The summed E-state index contributed by atoms with van der Waals surface area (Å²) >= 11 is 0. The van der Waals surface area contributed by atoms with Gasteiger partial charge in [-0.25, -0.2) is 23.1 Å². The first-order valence-corrected chi connectivity index (χ1v) is 7.38. The number of pyridine rings is 1. The first-order valence-electron chi connectivity index (χ1n) is 5.73. The molecule has 0 bridgehead atoms. The topological polar surface area (TPSA) is 104 Å². The van der Waals surface area contributed by atoms with Gasteiger partial charge in [0.05, 0.1) is 5.69 Å². The molecule has 2 N–H and O–H groups in total. The Labute approximate surface area is 111 Å². The SMILES string of the molecule is CC(C)n1ncnc1CS(=O)(=O)c1ncccc1N. The molecule has 0 aliphatic heterocycles. The maximum atomic E-state index is 12.3. The molecule has 0 atom stereocenters. The molecule has 2 aromatic heterocycles. The van der Waals surface area contributed by atoms with Gasteiger partial charge >= 0.3 is 0 Å². The van der Waals surface area contributed by atoms with Crippen LogP contribution in [0.4, 0.5) is 5.69 Å². The lowest BCUT2D eigenvalue weighted by Gasteiger charge is -2.10. The maximum absolute atomic E-state index is 12.3. The summed E-state index contributed by atoms with van der Waals surface area (Å²) in [6, 6.07) is 3.13. The fourth-order valence-electron chi connectivity index (χ4n) is 1.71. The van der Waals surface area contributed by atoms with Crippen molar-refractivity contribution >= 4 is 15.5 Å². The van der Waals surface area contributed by atoms with Crippen LogP contribution in [0.2, 0.25) is 0 Å². The van der Waals surface area contributed by atoms with E-state index in [0.717, 1.165) is 0 Å². The monoisotopic (exact) mass is 281 g/mol. The summed E-state index contributed by atoms with van der Waals surface area (Å²) in [5.74, 6) is 0.104. The minimum atomic E-state index is -3.63. The van der Waals surface area contributed by atoms with Crippen LogP contribution in [0.5, 0.6) is 0 Å². The number of rotatable bonds is 4. The second-order valence-electron chi connectivity index (χ2n) is 4.37. The van der Waals surface area contributed by atoms with Crippen molar-refractivity contribution in [2.24, 2.45) is 0 Å². The molecule has 19 heavy (non-hydrogen) atoms. The van der Waals surface area contributed by atoms with Crippen molar-refractivity contribution in [2.45, 2.75) is 30.7 Å². The summed E-state index contributed by atoms with van der Waals surface area (Å²) in [6.07, 6.45) is 2.74. The molecule has 0 saturated heterocycles. The normalized spacial score (nSPS) is 11.9. The predicted octanol–water partition coefficient (Wildman–Crippen LogP) is 0.810. The number of aromatic nitrogens is 4. The molecule has 0 spiro atoms. The van der Waals surface area contributed by atoms with Crippen LogP contribution in [-0.2, 0) is 15.6 Å². The molecule has 2 heterocycles. The molecular weight excluding hydrogens is 266 g/mol. The number of anilines is 1. The average molecular weight is 281 g/mol. The molecule has 0 aliphatic rings. The number of sulfone groups is 1. The standard InChI is InChI=1S/C11H15N5O2S/c1-8(2)16-10(14-7-15-16)6-19(17,18)11-9(12)4-3-5-13-11/h3-5,7-8H,6,12H2,1-2H3. The quantitative estimate of drug-likeness (QED) is 0.889. The molecule has 0 saturated carbocycles. The van der Waals surface area contributed by atoms with Gasteiger partial charge in [-0.15, -0.1) is 0 Å². The van der Waals surface area contributed by atoms with E-state index < -0.39 is 9.84 Å². The van der Waals surface area contributed by atoms with E-state index in [0.29, 0.717) is 5.82 Å². The van der Waals surface area contributed by atoms with Crippen LogP contribution in [0.3, 0.4) is 0 Å². The summed E-state index contributed by atoms with van der Waals surface area (Å²) in [4.78, 5) is 7.82. The second kappa shape index (κ2) is 4.96. The van der Waals surface area contributed by atoms with Crippen molar-refractivity contribution in [3.8, 4) is 0 Å². The number of nitrogens with zero attached hydrogens (tertiary/aromatic N) is 4. The summed E-state index contributed by atoms with van der Waals surface area (Å²) in [5, 5.41) is 3.89. The van der Waals surface area contributed by atoms with Gasteiger partial charge in [0.1, 0.15) is 17.9 Å². The lowest BCUT2D eigenvalue weighted by atomic mass is 10.4. The van der Waals surface area contributed by atoms with Crippen molar-refractivity contribution in [3.63, 3.8) is 0 Å². The molecule has 0 unspecified atom stereocenters. The van der Waals surface area contributed by atoms with Crippen LogP contribution in [0.1, 0.15) is 25.7 Å². The molecule has 2 rings (SSSR count). The van der Waals surface area contributed by atoms with Gasteiger partial charge in [0, 0.05) is 12.2 Å². The molecule has 2 aromatic rings. The third kappa shape index (κ3) is 2.73. The van der Waals surface area contributed by atoms with Crippen LogP contribution in [0, 0.1) is 0 Å². The third-order valence-electron chi connectivity index (χ3n) is 2.55. The van der Waals surface area contributed by atoms with Gasteiger partial charge in [-0.05, 0) is 26.0 Å². The van der Waals surface area contributed by atoms with Crippen molar-refractivity contribution in [3.05, 3.63) is 30.5 Å². The highest BCUT2D eigenvalue weighted by Gasteiger charge is 2.23. The van der Waals surface area contributed by atoms with Gasteiger partial charge in [-0.3, -0.25) is 0 Å². The van der Waals surface area contributed by atoms with E-state index in [1.54, 1.807) is 10.7 Å². The van der Waals surface area contributed by atoms with E-state index >= 15 is 0 Å². The zero-order chi connectivity index (χ0) is 14.0. The van der Waals surface area contributed by atoms with Crippen molar-refractivity contribution < 1.29 is 8.42 Å². The second-order valence-corrected chi connectivity index (χ2v) is 6.28. The molecular formula is C11H15N5O2S. The van der Waals surface area contributed by atoms with Crippen molar-refractivity contribution in [1.29, 1.82) is 0 Å². The third-order valence-corrected chi connectivity index (χ3v) is 4.12. The molecule has 8 heteroatoms. The van der Waals surface area contributed by atoms with Crippen LogP contribution in [-0.4, -0.2) is 28.2 Å². The minimum Gasteiger partial charge on any atom is -0.396 e. The van der Waals surface area contributed by atoms with Gasteiger partial charge < -0.3 is 5.73 Å².